The third-order valence-electron chi connectivity index (χ3n) is 3.15. The van der Waals surface area contributed by atoms with E-state index in [4.69, 9.17) is 11.6 Å². The van der Waals surface area contributed by atoms with Gasteiger partial charge in [0.1, 0.15) is 0 Å². The number of amides is 1. The lowest BCUT2D eigenvalue weighted by atomic mass is 10.1. The maximum Gasteiger partial charge on any atom is 0.252 e. The van der Waals surface area contributed by atoms with Gasteiger partial charge in [0, 0.05) is 9.92 Å². The molecular weight excluding hydrogens is 302 g/mol. The van der Waals surface area contributed by atoms with E-state index in [1.165, 1.54) is 0 Å². The second-order valence-electron chi connectivity index (χ2n) is 4.65. The van der Waals surface area contributed by atoms with Crippen LogP contribution in [-0.4, -0.2) is 11.7 Å². The van der Waals surface area contributed by atoms with Gasteiger partial charge in [0.15, 0.2) is 0 Å². The monoisotopic (exact) mass is 319 g/mol. The lowest BCUT2D eigenvalue weighted by Crippen LogP contribution is -2.27. The first-order valence-electron chi connectivity index (χ1n) is 6.90. The van der Waals surface area contributed by atoms with Crippen LogP contribution in [0.25, 0.3) is 0 Å². The van der Waals surface area contributed by atoms with Crippen LogP contribution in [0.2, 0.25) is 5.02 Å². The van der Waals surface area contributed by atoms with Gasteiger partial charge in [-0.3, -0.25) is 4.79 Å². The van der Waals surface area contributed by atoms with E-state index in [1.54, 1.807) is 11.8 Å². The zero-order valence-electron chi connectivity index (χ0n) is 12.1. The van der Waals surface area contributed by atoms with E-state index >= 15 is 0 Å². The number of halogens is 1. The lowest BCUT2D eigenvalue weighted by Gasteiger charge is -2.17. The summed E-state index contributed by atoms with van der Waals surface area (Å²) >= 11 is 7.84. The molecule has 1 amide bonds. The molecule has 0 bridgehead atoms. The minimum atomic E-state index is -0.133. The molecule has 2 nitrogen and oxygen atoms in total. The molecule has 0 aliphatic carbocycles. The van der Waals surface area contributed by atoms with Crippen molar-refractivity contribution in [3.05, 3.63) is 64.7 Å². The van der Waals surface area contributed by atoms with E-state index in [2.05, 4.69) is 12.2 Å². The summed E-state index contributed by atoms with van der Waals surface area (Å²) in [4.78, 5) is 13.5. The summed E-state index contributed by atoms with van der Waals surface area (Å²) in [5, 5.41) is 3.68. The topological polar surface area (TPSA) is 29.1 Å². The summed E-state index contributed by atoms with van der Waals surface area (Å²) in [6, 6.07) is 15.1. The highest BCUT2D eigenvalue weighted by atomic mass is 35.5. The number of hydrogen-bond donors (Lipinski definition) is 1. The Balaban J connectivity index is 2.17. The number of rotatable bonds is 5. The molecule has 1 atom stereocenters. The molecule has 110 valence electrons. The van der Waals surface area contributed by atoms with Gasteiger partial charge in [0.05, 0.1) is 11.6 Å². The third-order valence-corrected chi connectivity index (χ3v) is 4.45. The summed E-state index contributed by atoms with van der Waals surface area (Å²) in [6.45, 7) is 4.01. The number of carbonyl (C=O) groups excluding carboxylic acids is 1. The second-order valence-corrected chi connectivity index (χ2v) is 6.36. The Morgan fingerprint density at radius 3 is 2.57 bits per heavy atom. The fraction of sp³-hybridized carbons (Fsp3) is 0.235. The van der Waals surface area contributed by atoms with Gasteiger partial charge < -0.3 is 5.32 Å². The van der Waals surface area contributed by atoms with Crippen LogP contribution in [0, 0.1) is 0 Å². The number of carbonyl (C=O) groups is 1. The van der Waals surface area contributed by atoms with Crippen molar-refractivity contribution in [2.75, 3.05) is 5.75 Å². The van der Waals surface area contributed by atoms with E-state index in [-0.39, 0.29) is 11.9 Å². The average Bonchev–Trinajstić information content (AvgIpc) is 2.48. The molecule has 4 heteroatoms. The van der Waals surface area contributed by atoms with Gasteiger partial charge in [-0.05, 0) is 36.4 Å². The molecule has 0 saturated heterocycles. The highest BCUT2D eigenvalue weighted by Gasteiger charge is 2.15. The molecule has 2 aromatic carbocycles. The van der Waals surface area contributed by atoms with Crippen LogP contribution in [0.1, 0.15) is 35.8 Å². The van der Waals surface area contributed by atoms with Crippen LogP contribution in [0.15, 0.2) is 53.4 Å². The van der Waals surface area contributed by atoms with Crippen molar-refractivity contribution in [1.29, 1.82) is 0 Å². The van der Waals surface area contributed by atoms with E-state index < -0.39 is 0 Å². The van der Waals surface area contributed by atoms with E-state index in [0.29, 0.717) is 10.6 Å². The Morgan fingerprint density at radius 1 is 1.19 bits per heavy atom. The molecule has 2 rings (SSSR count). The Hall–Kier alpha value is -1.45. The molecule has 0 heterocycles. The van der Waals surface area contributed by atoms with Gasteiger partial charge in [-0.2, -0.15) is 0 Å². The van der Waals surface area contributed by atoms with Gasteiger partial charge >= 0.3 is 0 Å². The van der Waals surface area contributed by atoms with E-state index in [1.807, 2.05) is 55.5 Å². The van der Waals surface area contributed by atoms with Crippen LogP contribution >= 0.6 is 23.4 Å². The summed E-state index contributed by atoms with van der Waals surface area (Å²) in [5.74, 6) is 0.864. The van der Waals surface area contributed by atoms with Gasteiger partial charge in [-0.25, -0.2) is 0 Å². The molecule has 0 radical (unpaired) electrons. The predicted octanol–water partition coefficient (Wildman–Crippen LogP) is 4.94. The number of hydrogen-bond acceptors (Lipinski definition) is 2. The summed E-state index contributed by atoms with van der Waals surface area (Å²) in [5.41, 5.74) is 1.64. The van der Waals surface area contributed by atoms with Crippen LogP contribution < -0.4 is 5.32 Å². The molecule has 0 fully saturated rings. The van der Waals surface area contributed by atoms with Crippen molar-refractivity contribution in [3.8, 4) is 0 Å². The maximum absolute atomic E-state index is 12.5. The first-order valence-corrected chi connectivity index (χ1v) is 8.27. The highest BCUT2D eigenvalue weighted by molar-refractivity contribution is 7.99. The van der Waals surface area contributed by atoms with Crippen molar-refractivity contribution in [2.24, 2.45) is 0 Å². The van der Waals surface area contributed by atoms with Crippen molar-refractivity contribution in [1.82, 2.24) is 5.32 Å². The normalized spacial score (nSPS) is 12.0. The largest absolute Gasteiger partial charge is 0.345 e. The van der Waals surface area contributed by atoms with Gasteiger partial charge in [-0.15, -0.1) is 11.8 Å². The standard InChI is InChI=1S/C17H18ClNOS/c1-3-21-16-11-7-5-9-14(16)17(20)19-12(2)13-8-4-6-10-15(13)18/h4-12H,3H2,1-2H3,(H,19,20). The molecule has 1 N–H and O–H groups in total. The highest BCUT2D eigenvalue weighted by Crippen LogP contribution is 2.25. The first kappa shape index (κ1) is 15.9. The Morgan fingerprint density at radius 2 is 1.86 bits per heavy atom. The van der Waals surface area contributed by atoms with Gasteiger partial charge in [-0.1, -0.05) is 48.9 Å². The molecule has 0 aliphatic rings. The fourth-order valence-electron chi connectivity index (χ4n) is 2.11. The molecular formula is C17H18ClNOS. The number of thioether (sulfide) groups is 1. The van der Waals surface area contributed by atoms with Crippen molar-refractivity contribution in [3.63, 3.8) is 0 Å². The van der Waals surface area contributed by atoms with Crippen LogP contribution in [0.5, 0.6) is 0 Å². The molecule has 0 aliphatic heterocycles. The fourth-order valence-corrected chi connectivity index (χ4v) is 3.22. The Bertz CT molecular complexity index is 630. The van der Waals surface area contributed by atoms with E-state index in [9.17, 15) is 4.79 Å². The van der Waals surface area contributed by atoms with Crippen molar-refractivity contribution < 1.29 is 4.79 Å². The zero-order valence-corrected chi connectivity index (χ0v) is 13.7. The van der Waals surface area contributed by atoms with Crippen LogP contribution in [0.3, 0.4) is 0 Å². The number of benzene rings is 2. The van der Waals surface area contributed by atoms with Gasteiger partial charge in [0.25, 0.3) is 5.91 Å². The summed E-state index contributed by atoms with van der Waals surface area (Å²) in [6.07, 6.45) is 0. The van der Waals surface area contributed by atoms with Crippen molar-refractivity contribution in [2.45, 2.75) is 24.8 Å². The molecule has 2 aromatic rings. The smallest absolute Gasteiger partial charge is 0.252 e. The molecule has 0 aromatic heterocycles. The van der Waals surface area contributed by atoms with Crippen LogP contribution in [-0.2, 0) is 0 Å². The minimum absolute atomic E-state index is 0.0704. The average molecular weight is 320 g/mol. The SMILES string of the molecule is CCSc1ccccc1C(=O)NC(C)c1ccccc1Cl. The lowest BCUT2D eigenvalue weighted by molar-refractivity contribution is 0.0937. The Kier molecular flexibility index (Phi) is 5.71. The summed E-state index contributed by atoms with van der Waals surface area (Å²) in [7, 11) is 0. The molecule has 21 heavy (non-hydrogen) atoms. The van der Waals surface area contributed by atoms with Gasteiger partial charge in [0.2, 0.25) is 0 Å². The predicted molar refractivity (Wildman–Crippen MR) is 90.2 cm³/mol. The summed E-state index contributed by atoms with van der Waals surface area (Å²) < 4.78 is 0. The minimum Gasteiger partial charge on any atom is -0.345 e. The first-order chi connectivity index (χ1) is 10.1. The second kappa shape index (κ2) is 7.53. The molecule has 0 spiro atoms. The van der Waals surface area contributed by atoms with E-state index in [0.717, 1.165) is 16.2 Å². The quantitative estimate of drug-likeness (QED) is 0.791. The van der Waals surface area contributed by atoms with Crippen molar-refractivity contribution >= 4 is 29.3 Å². The zero-order chi connectivity index (χ0) is 15.2. The third kappa shape index (κ3) is 4.02. The van der Waals surface area contributed by atoms with Crippen LogP contribution in [0.4, 0.5) is 0 Å². The molecule has 0 saturated carbocycles. The number of nitrogens with one attached hydrogen (secondary N) is 1. The molecule has 1 unspecified atom stereocenters. The Labute approximate surface area is 134 Å². The maximum atomic E-state index is 12.5.